The molecule has 6 heteroatoms. The van der Waals surface area contributed by atoms with E-state index in [1.165, 1.54) is 18.2 Å². The lowest BCUT2D eigenvalue weighted by Gasteiger charge is -2.09. The van der Waals surface area contributed by atoms with Crippen LogP contribution in [0, 0.1) is 10.1 Å². The molecule has 0 radical (unpaired) electrons. The minimum absolute atomic E-state index is 0.270. The molecule has 0 aliphatic rings. The third kappa shape index (κ3) is 2.34. The SMILES string of the molecule is C=C[C@H](N)c1cc(Br)cc([N+](=O)[O-])c1O. The number of nitro groups is 1. The van der Waals surface area contributed by atoms with Crippen molar-refractivity contribution in [1.29, 1.82) is 0 Å². The minimum Gasteiger partial charge on any atom is -0.502 e. The van der Waals surface area contributed by atoms with E-state index in [-0.39, 0.29) is 11.3 Å². The van der Waals surface area contributed by atoms with Crippen LogP contribution in [0.3, 0.4) is 0 Å². The average molecular weight is 273 g/mol. The number of phenols is 1. The van der Waals surface area contributed by atoms with Crippen molar-refractivity contribution in [3.8, 4) is 5.75 Å². The van der Waals surface area contributed by atoms with Gasteiger partial charge in [-0.2, -0.15) is 0 Å². The number of phenolic OH excluding ortho intramolecular Hbond substituents is 1. The normalized spacial score (nSPS) is 12.1. The molecule has 0 unspecified atom stereocenters. The number of hydrogen-bond donors (Lipinski definition) is 2. The predicted molar refractivity (Wildman–Crippen MR) is 59.6 cm³/mol. The van der Waals surface area contributed by atoms with Crippen molar-refractivity contribution < 1.29 is 10.0 Å². The van der Waals surface area contributed by atoms with E-state index in [9.17, 15) is 15.2 Å². The van der Waals surface area contributed by atoms with Crippen molar-refractivity contribution in [2.45, 2.75) is 6.04 Å². The van der Waals surface area contributed by atoms with Gasteiger partial charge in [0.05, 0.1) is 11.0 Å². The molecule has 1 aromatic carbocycles. The fourth-order valence-corrected chi connectivity index (χ4v) is 1.59. The molecule has 0 amide bonds. The van der Waals surface area contributed by atoms with Gasteiger partial charge < -0.3 is 10.8 Å². The van der Waals surface area contributed by atoms with Crippen molar-refractivity contribution in [3.05, 3.63) is 44.9 Å². The second kappa shape index (κ2) is 4.41. The van der Waals surface area contributed by atoms with Crippen molar-refractivity contribution in [3.63, 3.8) is 0 Å². The third-order valence-electron chi connectivity index (χ3n) is 1.89. The van der Waals surface area contributed by atoms with E-state index in [2.05, 4.69) is 22.5 Å². The molecule has 0 spiro atoms. The maximum atomic E-state index is 10.6. The van der Waals surface area contributed by atoms with Crippen molar-refractivity contribution >= 4 is 21.6 Å². The Kier molecular flexibility index (Phi) is 3.43. The highest BCUT2D eigenvalue weighted by Crippen LogP contribution is 2.36. The second-order valence-corrected chi connectivity index (χ2v) is 3.80. The molecule has 0 saturated carbocycles. The predicted octanol–water partition coefficient (Wildman–Crippen LogP) is 2.25. The summed E-state index contributed by atoms with van der Waals surface area (Å²) >= 11 is 3.11. The number of aromatic hydroxyl groups is 1. The monoisotopic (exact) mass is 272 g/mol. The number of benzene rings is 1. The first kappa shape index (κ1) is 11.7. The van der Waals surface area contributed by atoms with Crippen molar-refractivity contribution in [2.75, 3.05) is 0 Å². The highest BCUT2D eigenvalue weighted by atomic mass is 79.9. The van der Waals surface area contributed by atoms with Crippen LogP contribution >= 0.6 is 15.9 Å². The minimum atomic E-state index is -0.667. The summed E-state index contributed by atoms with van der Waals surface area (Å²) in [5.41, 5.74) is 5.50. The lowest BCUT2D eigenvalue weighted by molar-refractivity contribution is -0.386. The number of halogens is 1. The van der Waals surface area contributed by atoms with Gasteiger partial charge in [-0.15, -0.1) is 6.58 Å². The molecule has 3 N–H and O–H groups in total. The summed E-state index contributed by atoms with van der Waals surface area (Å²) in [5, 5.41) is 20.2. The van der Waals surface area contributed by atoms with Crippen molar-refractivity contribution in [2.24, 2.45) is 5.73 Å². The molecular formula is C9H9BrN2O3. The summed E-state index contributed by atoms with van der Waals surface area (Å²) in [4.78, 5) is 9.93. The fraction of sp³-hybridized carbons (Fsp3) is 0.111. The molecule has 1 rings (SSSR count). The van der Waals surface area contributed by atoms with E-state index in [4.69, 9.17) is 5.73 Å². The van der Waals surface area contributed by atoms with Crippen LogP contribution in [0.25, 0.3) is 0 Å². The number of nitrogens with zero attached hydrogens (tertiary/aromatic N) is 1. The highest BCUT2D eigenvalue weighted by molar-refractivity contribution is 9.10. The van der Waals surface area contributed by atoms with Crippen LogP contribution in [0.15, 0.2) is 29.3 Å². The maximum Gasteiger partial charge on any atom is 0.312 e. The molecule has 0 fully saturated rings. The summed E-state index contributed by atoms with van der Waals surface area (Å²) < 4.78 is 0.485. The van der Waals surface area contributed by atoms with Gasteiger partial charge >= 0.3 is 5.69 Å². The van der Waals surface area contributed by atoms with Gasteiger partial charge in [0.15, 0.2) is 5.75 Å². The molecule has 0 aromatic heterocycles. The molecular weight excluding hydrogens is 264 g/mol. The number of nitrogens with two attached hydrogens (primary N) is 1. The third-order valence-corrected chi connectivity index (χ3v) is 2.35. The Balaban J connectivity index is 3.40. The first-order valence-corrected chi connectivity index (χ1v) is 4.81. The van der Waals surface area contributed by atoms with Crippen LogP contribution in [0.1, 0.15) is 11.6 Å². The zero-order valence-electron chi connectivity index (χ0n) is 7.68. The summed E-state index contributed by atoms with van der Waals surface area (Å²) in [6.07, 6.45) is 1.39. The van der Waals surface area contributed by atoms with Gasteiger partial charge in [0.1, 0.15) is 0 Å². The standard InChI is InChI=1S/C9H9BrN2O3/c1-2-7(11)6-3-5(10)4-8(9(6)13)12(14)15/h2-4,7,13H,1,11H2/t7-/m0/s1. The van der Waals surface area contributed by atoms with Gasteiger partial charge in [-0.25, -0.2) is 0 Å². The zero-order chi connectivity index (χ0) is 11.6. The fourth-order valence-electron chi connectivity index (χ4n) is 1.13. The molecule has 0 saturated heterocycles. The van der Waals surface area contributed by atoms with Gasteiger partial charge in [-0.05, 0) is 6.07 Å². The van der Waals surface area contributed by atoms with Crippen LogP contribution in [0.2, 0.25) is 0 Å². The second-order valence-electron chi connectivity index (χ2n) is 2.88. The maximum absolute atomic E-state index is 10.6. The smallest absolute Gasteiger partial charge is 0.312 e. The molecule has 5 nitrogen and oxygen atoms in total. The summed E-state index contributed by atoms with van der Waals surface area (Å²) in [6.45, 7) is 3.46. The van der Waals surface area contributed by atoms with Crippen LogP contribution < -0.4 is 5.73 Å². The van der Waals surface area contributed by atoms with E-state index >= 15 is 0 Å². The Labute approximate surface area is 94.5 Å². The Hall–Kier alpha value is -1.40. The largest absolute Gasteiger partial charge is 0.502 e. The van der Waals surface area contributed by atoms with Gasteiger partial charge in [-0.3, -0.25) is 10.1 Å². The Bertz CT molecular complexity index is 420. The quantitative estimate of drug-likeness (QED) is 0.502. The number of rotatable bonds is 3. The van der Waals surface area contributed by atoms with Crippen LogP contribution in [-0.4, -0.2) is 10.0 Å². The van der Waals surface area contributed by atoms with Gasteiger partial charge in [0.2, 0.25) is 0 Å². The van der Waals surface area contributed by atoms with Crippen LogP contribution in [-0.2, 0) is 0 Å². The lowest BCUT2D eigenvalue weighted by Crippen LogP contribution is -2.07. The molecule has 15 heavy (non-hydrogen) atoms. The number of nitro benzene ring substituents is 1. The lowest BCUT2D eigenvalue weighted by atomic mass is 10.1. The first-order valence-electron chi connectivity index (χ1n) is 4.02. The molecule has 0 heterocycles. The molecule has 80 valence electrons. The number of hydrogen-bond acceptors (Lipinski definition) is 4. The Morgan fingerprint density at radius 2 is 2.27 bits per heavy atom. The molecule has 1 atom stereocenters. The first-order chi connectivity index (χ1) is 6.97. The summed E-state index contributed by atoms with van der Waals surface area (Å²) in [5.74, 6) is -0.421. The van der Waals surface area contributed by atoms with Crippen LogP contribution in [0.4, 0.5) is 5.69 Å². The Morgan fingerprint density at radius 1 is 1.67 bits per heavy atom. The topological polar surface area (TPSA) is 89.4 Å². The van der Waals surface area contributed by atoms with Gasteiger partial charge in [0.25, 0.3) is 0 Å². The summed E-state index contributed by atoms with van der Waals surface area (Å²) in [7, 11) is 0. The highest BCUT2D eigenvalue weighted by Gasteiger charge is 2.20. The molecule has 0 bridgehead atoms. The van der Waals surface area contributed by atoms with Crippen molar-refractivity contribution in [1.82, 2.24) is 0 Å². The molecule has 1 aromatic rings. The molecule has 0 aliphatic carbocycles. The van der Waals surface area contributed by atoms with E-state index in [0.29, 0.717) is 4.47 Å². The Morgan fingerprint density at radius 3 is 2.73 bits per heavy atom. The zero-order valence-corrected chi connectivity index (χ0v) is 9.27. The van der Waals surface area contributed by atoms with E-state index in [0.717, 1.165) is 0 Å². The van der Waals surface area contributed by atoms with E-state index < -0.39 is 16.7 Å². The average Bonchev–Trinajstić information content (AvgIpc) is 2.19. The molecule has 0 aliphatic heterocycles. The van der Waals surface area contributed by atoms with E-state index in [1.807, 2.05) is 0 Å². The van der Waals surface area contributed by atoms with E-state index in [1.54, 1.807) is 0 Å². The summed E-state index contributed by atoms with van der Waals surface area (Å²) in [6, 6.07) is 2.10. The van der Waals surface area contributed by atoms with Gasteiger partial charge in [-0.1, -0.05) is 22.0 Å². The van der Waals surface area contributed by atoms with Crippen LogP contribution in [0.5, 0.6) is 5.75 Å². The van der Waals surface area contributed by atoms with Gasteiger partial charge in [0, 0.05) is 16.1 Å².